The molecule has 3 unspecified atom stereocenters. The third-order valence-electron chi connectivity index (χ3n) is 7.73. The van der Waals surface area contributed by atoms with Gasteiger partial charge in [0, 0.05) is 24.6 Å². The van der Waals surface area contributed by atoms with Crippen molar-refractivity contribution in [1.29, 1.82) is 0 Å². The Morgan fingerprint density at radius 1 is 1.00 bits per heavy atom. The highest BCUT2D eigenvalue weighted by Gasteiger charge is 2.41. The van der Waals surface area contributed by atoms with E-state index in [1.54, 1.807) is 7.11 Å². The van der Waals surface area contributed by atoms with Gasteiger partial charge in [0.2, 0.25) is 0 Å². The van der Waals surface area contributed by atoms with Crippen molar-refractivity contribution in [2.75, 3.05) is 25.5 Å². The summed E-state index contributed by atoms with van der Waals surface area (Å²) in [5, 5.41) is 6.29. The molecule has 168 valence electrons. The third kappa shape index (κ3) is 3.31. The van der Waals surface area contributed by atoms with E-state index in [0.29, 0.717) is 11.8 Å². The molecule has 0 bridgehead atoms. The largest absolute Gasteiger partial charge is 0.496 e. The molecule has 4 nitrogen and oxygen atoms in total. The SMILES string of the molecule is COc1ccc2ccccc2c1C1Nc2c(C(=O)N3CCCCC3)cccc2C2C=CCC21. The number of piperidine rings is 1. The van der Waals surface area contributed by atoms with Gasteiger partial charge in [0.1, 0.15) is 5.75 Å². The van der Waals surface area contributed by atoms with Gasteiger partial charge in [-0.3, -0.25) is 4.79 Å². The molecule has 33 heavy (non-hydrogen) atoms. The lowest BCUT2D eigenvalue weighted by Gasteiger charge is -2.39. The molecule has 3 aromatic rings. The van der Waals surface area contributed by atoms with Crippen molar-refractivity contribution in [2.45, 2.75) is 37.6 Å². The van der Waals surface area contributed by atoms with Crippen molar-refractivity contribution >= 4 is 22.4 Å². The quantitative estimate of drug-likeness (QED) is 0.488. The summed E-state index contributed by atoms with van der Waals surface area (Å²) >= 11 is 0. The minimum Gasteiger partial charge on any atom is -0.496 e. The van der Waals surface area contributed by atoms with Crippen molar-refractivity contribution in [3.05, 3.63) is 83.4 Å². The zero-order valence-corrected chi connectivity index (χ0v) is 19.1. The second-order valence-electron chi connectivity index (χ2n) is 9.50. The summed E-state index contributed by atoms with van der Waals surface area (Å²) in [5.41, 5.74) is 4.24. The molecule has 1 fully saturated rings. The van der Waals surface area contributed by atoms with E-state index in [1.165, 1.54) is 28.3 Å². The number of fused-ring (bicyclic) bond motifs is 4. The smallest absolute Gasteiger partial charge is 0.255 e. The number of nitrogens with one attached hydrogen (secondary N) is 1. The van der Waals surface area contributed by atoms with Crippen molar-refractivity contribution in [2.24, 2.45) is 5.92 Å². The number of likely N-dealkylation sites (tertiary alicyclic amines) is 1. The van der Waals surface area contributed by atoms with E-state index in [2.05, 4.69) is 66.0 Å². The van der Waals surface area contributed by atoms with Gasteiger partial charge in [-0.15, -0.1) is 0 Å². The number of ether oxygens (including phenoxy) is 1. The molecular weight excluding hydrogens is 408 g/mol. The molecule has 1 aliphatic carbocycles. The van der Waals surface area contributed by atoms with E-state index in [9.17, 15) is 4.79 Å². The highest BCUT2D eigenvalue weighted by Crippen LogP contribution is 2.53. The molecule has 1 saturated heterocycles. The van der Waals surface area contributed by atoms with Crippen LogP contribution < -0.4 is 10.1 Å². The molecular formula is C29H30N2O2. The summed E-state index contributed by atoms with van der Waals surface area (Å²) in [6.45, 7) is 1.71. The van der Waals surface area contributed by atoms with E-state index >= 15 is 0 Å². The number of carbonyl (C=O) groups excluding carboxylic acids is 1. The van der Waals surface area contributed by atoms with E-state index in [1.807, 2.05) is 11.0 Å². The van der Waals surface area contributed by atoms with Crippen molar-refractivity contribution in [1.82, 2.24) is 4.90 Å². The van der Waals surface area contributed by atoms with E-state index in [0.717, 1.165) is 49.4 Å². The fraction of sp³-hybridized carbons (Fsp3) is 0.345. The van der Waals surface area contributed by atoms with Crippen LogP contribution in [-0.2, 0) is 0 Å². The fourth-order valence-electron chi connectivity index (χ4n) is 6.13. The Morgan fingerprint density at radius 2 is 1.85 bits per heavy atom. The number of benzene rings is 3. The summed E-state index contributed by atoms with van der Waals surface area (Å²) in [6.07, 6.45) is 9.06. The predicted octanol–water partition coefficient (Wildman–Crippen LogP) is 6.30. The Morgan fingerprint density at radius 3 is 2.70 bits per heavy atom. The molecule has 1 amide bonds. The number of hydrogen-bond acceptors (Lipinski definition) is 3. The number of nitrogens with zero attached hydrogens (tertiary/aromatic N) is 1. The number of amides is 1. The molecule has 1 N–H and O–H groups in total. The summed E-state index contributed by atoms with van der Waals surface area (Å²) in [4.78, 5) is 15.6. The average Bonchev–Trinajstić information content (AvgIpc) is 3.38. The van der Waals surface area contributed by atoms with Gasteiger partial charge < -0.3 is 15.0 Å². The predicted molar refractivity (Wildman–Crippen MR) is 133 cm³/mol. The molecule has 3 aliphatic rings. The highest BCUT2D eigenvalue weighted by atomic mass is 16.5. The van der Waals surface area contributed by atoms with Crippen LogP contribution in [0.3, 0.4) is 0 Å². The van der Waals surface area contributed by atoms with Gasteiger partial charge in [0.05, 0.1) is 24.4 Å². The summed E-state index contributed by atoms with van der Waals surface area (Å²) in [7, 11) is 1.75. The number of carbonyl (C=O) groups is 1. The minimum atomic E-state index is 0.0638. The third-order valence-corrected chi connectivity index (χ3v) is 7.73. The van der Waals surface area contributed by atoms with Crippen molar-refractivity contribution < 1.29 is 9.53 Å². The molecule has 3 aromatic carbocycles. The fourth-order valence-corrected chi connectivity index (χ4v) is 6.13. The van der Waals surface area contributed by atoms with Crippen LogP contribution in [0.4, 0.5) is 5.69 Å². The molecule has 0 spiro atoms. The zero-order valence-electron chi connectivity index (χ0n) is 19.1. The van der Waals surface area contributed by atoms with Gasteiger partial charge in [0.25, 0.3) is 5.91 Å². The Balaban J connectivity index is 1.49. The van der Waals surface area contributed by atoms with Crippen molar-refractivity contribution in [3.63, 3.8) is 0 Å². The summed E-state index contributed by atoms with van der Waals surface area (Å²) in [6, 6.07) is 19.0. The number of anilines is 1. The lowest BCUT2D eigenvalue weighted by molar-refractivity contribution is 0.0725. The average molecular weight is 439 g/mol. The molecule has 0 saturated carbocycles. The maximum Gasteiger partial charge on any atom is 0.255 e. The van der Waals surface area contributed by atoms with Gasteiger partial charge in [0.15, 0.2) is 0 Å². The first kappa shape index (κ1) is 20.3. The first-order valence-corrected chi connectivity index (χ1v) is 12.2. The van der Waals surface area contributed by atoms with Crippen LogP contribution in [0.2, 0.25) is 0 Å². The highest BCUT2D eigenvalue weighted by molar-refractivity contribution is 6.01. The van der Waals surface area contributed by atoms with Gasteiger partial charge >= 0.3 is 0 Å². The minimum absolute atomic E-state index is 0.0638. The molecule has 0 aromatic heterocycles. The number of methoxy groups -OCH3 is 1. The van der Waals surface area contributed by atoms with Crippen LogP contribution in [0, 0.1) is 5.92 Å². The summed E-state index contributed by atoms with van der Waals surface area (Å²) in [5.74, 6) is 1.74. The van der Waals surface area contributed by atoms with Crippen LogP contribution in [0.25, 0.3) is 10.8 Å². The Hall–Kier alpha value is -3.27. The van der Waals surface area contributed by atoms with E-state index < -0.39 is 0 Å². The first-order valence-electron chi connectivity index (χ1n) is 12.2. The lowest BCUT2D eigenvalue weighted by Crippen LogP contribution is -2.37. The first-order chi connectivity index (χ1) is 16.3. The normalized spacial score (nSPS) is 23.7. The number of hydrogen-bond donors (Lipinski definition) is 1. The second kappa shape index (κ2) is 8.26. The van der Waals surface area contributed by atoms with Crippen LogP contribution in [0.1, 0.15) is 59.1 Å². The maximum atomic E-state index is 13.6. The second-order valence-corrected chi connectivity index (χ2v) is 9.50. The number of allylic oxidation sites excluding steroid dienone is 2. The Kier molecular flexibility index (Phi) is 5.09. The van der Waals surface area contributed by atoms with Gasteiger partial charge in [-0.2, -0.15) is 0 Å². The zero-order chi connectivity index (χ0) is 22.4. The standard InChI is InChI=1S/C29H30N2O2/c1-33-25-16-15-19-9-3-4-10-20(19)26(25)28-23-13-7-11-21(23)22-12-8-14-24(27(22)30-28)29(32)31-17-5-2-6-18-31/h3-4,7-12,14-16,21,23,28,30H,2,5-6,13,17-18H2,1H3. The number of rotatable bonds is 3. The van der Waals surface area contributed by atoms with Crippen LogP contribution >= 0.6 is 0 Å². The maximum absolute atomic E-state index is 13.6. The Labute approximate surface area is 195 Å². The van der Waals surface area contributed by atoms with Crippen molar-refractivity contribution in [3.8, 4) is 5.75 Å². The lowest BCUT2D eigenvalue weighted by atomic mass is 9.75. The van der Waals surface area contributed by atoms with E-state index in [-0.39, 0.29) is 11.9 Å². The molecule has 3 atom stereocenters. The van der Waals surface area contributed by atoms with Crippen LogP contribution in [-0.4, -0.2) is 31.0 Å². The molecule has 4 heteroatoms. The monoisotopic (exact) mass is 438 g/mol. The van der Waals surface area contributed by atoms with E-state index in [4.69, 9.17) is 4.74 Å². The van der Waals surface area contributed by atoms with Gasteiger partial charge in [-0.1, -0.05) is 54.6 Å². The number of para-hydroxylation sites is 1. The van der Waals surface area contributed by atoms with Crippen LogP contribution in [0.15, 0.2) is 66.7 Å². The molecule has 6 rings (SSSR count). The molecule has 0 radical (unpaired) electrons. The molecule has 2 aliphatic heterocycles. The molecule has 2 heterocycles. The van der Waals surface area contributed by atoms with Crippen LogP contribution in [0.5, 0.6) is 5.75 Å². The van der Waals surface area contributed by atoms with Gasteiger partial charge in [-0.25, -0.2) is 0 Å². The Bertz CT molecular complexity index is 1240. The topological polar surface area (TPSA) is 41.6 Å². The summed E-state index contributed by atoms with van der Waals surface area (Å²) < 4.78 is 5.88. The van der Waals surface area contributed by atoms with Gasteiger partial charge in [-0.05, 0) is 60.1 Å².